The first-order valence-electron chi connectivity index (χ1n) is 10.3. The van der Waals surface area contributed by atoms with Gasteiger partial charge in [0.1, 0.15) is 0 Å². The molecule has 0 spiro atoms. The molecular weight excluding hydrogens is 374 g/mol. The topological polar surface area (TPSA) is 58.6 Å². The molecule has 4 heteroatoms. The lowest BCUT2D eigenvalue weighted by molar-refractivity contribution is -0.118. The molecule has 3 aromatic carbocycles. The molecule has 4 nitrogen and oxygen atoms in total. The molecule has 1 unspecified atom stereocenters. The number of carbonyl (C=O) groups is 1. The maximum atomic E-state index is 13.4. The first-order valence-corrected chi connectivity index (χ1v) is 10.3. The number of rotatable bonds is 2. The number of aromatic hydroxyl groups is 1. The lowest BCUT2D eigenvalue weighted by atomic mass is 9.68. The van der Waals surface area contributed by atoms with Crippen LogP contribution in [0.1, 0.15) is 43.7 Å². The number of ketones is 1. The summed E-state index contributed by atoms with van der Waals surface area (Å²) in [6, 6.07) is 17.9. The molecule has 2 N–H and O–H groups in total. The third kappa shape index (κ3) is 2.86. The number of fused-ring (bicyclic) bond motifs is 3. The highest BCUT2D eigenvalue weighted by molar-refractivity contribution is 6.04. The van der Waals surface area contributed by atoms with E-state index in [2.05, 4.69) is 43.4 Å². The molecule has 5 rings (SSSR count). The van der Waals surface area contributed by atoms with Crippen molar-refractivity contribution in [3.05, 3.63) is 77.0 Å². The summed E-state index contributed by atoms with van der Waals surface area (Å²) in [5, 5.41) is 16.0. The standard InChI is InChI=1S/C26H25NO3/c1-26(2)13-19-25(21(29)14-26)23(16-9-11-20(28)22(12-16)30-3)24-17-7-5-4-6-15(17)8-10-18(24)27-19/h4-12,23,27-28H,13-14H2,1-3H3. The summed E-state index contributed by atoms with van der Waals surface area (Å²) in [7, 11) is 1.55. The number of benzene rings is 3. The molecule has 0 amide bonds. The number of phenolic OH excluding ortho intramolecular Hbond substituents is 1. The summed E-state index contributed by atoms with van der Waals surface area (Å²) in [4.78, 5) is 13.4. The minimum Gasteiger partial charge on any atom is -0.504 e. The van der Waals surface area contributed by atoms with E-state index < -0.39 is 0 Å². The van der Waals surface area contributed by atoms with E-state index in [9.17, 15) is 9.90 Å². The van der Waals surface area contributed by atoms with Crippen LogP contribution >= 0.6 is 0 Å². The van der Waals surface area contributed by atoms with Gasteiger partial charge in [-0.1, -0.05) is 50.2 Å². The Morgan fingerprint density at radius 1 is 1.07 bits per heavy atom. The van der Waals surface area contributed by atoms with Gasteiger partial charge in [0, 0.05) is 29.3 Å². The van der Waals surface area contributed by atoms with Gasteiger partial charge in [0.2, 0.25) is 0 Å². The zero-order valence-corrected chi connectivity index (χ0v) is 17.5. The quantitative estimate of drug-likeness (QED) is 0.576. The van der Waals surface area contributed by atoms with E-state index in [1.807, 2.05) is 24.3 Å². The van der Waals surface area contributed by atoms with Crippen LogP contribution in [0.2, 0.25) is 0 Å². The Morgan fingerprint density at radius 2 is 1.87 bits per heavy atom. The number of anilines is 1. The Morgan fingerprint density at radius 3 is 2.67 bits per heavy atom. The van der Waals surface area contributed by atoms with Crippen LogP contribution in [0.5, 0.6) is 11.5 Å². The molecule has 30 heavy (non-hydrogen) atoms. The Hall–Kier alpha value is -3.27. The second-order valence-corrected chi connectivity index (χ2v) is 9.07. The number of hydrogen-bond donors (Lipinski definition) is 2. The van der Waals surface area contributed by atoms with Crippen molar-refractivity contribution >= 4 is 22.2 Å². The van der Waals surface area contributed by atoms with Crippen molar-refractivity contribution in [1.82, 2.24) is 0 Å². The van der Waals surface area contributed by atoms with E-state index in [-0.39, 0.29) is 22.9 Å². The lowest BCUT2D eigenvalue weighted by Crippen LogP contribution is -2.33. The average Bonchev–Trinajstić information content (AvgIpc) is 2.71. The van der Waals surface area contributed by atoms with Crippen LogP contribution in [-0.2, 0) is 4.79 Å². The minimum atomic E-state index is -0.208. The van der Waals surface area contributed by atoms with Gasteiger partial charge in [-0.25, -0.2) is 0 Å². The molecule has 0 bridgehead atoms. The van der Waals surface area contributed by atoms with Gasteiger partial charge < -0.3 is 15.2 Å². The SMILES string of the molecule is COc1cc(C2C3=C(CC(C)(C)CC3=O)Nc3ccc4ccccc4c32)ccc1O. The Bertz CT molecular complexity index is 1220. The number of nitrogens with one attached hydrogen (secondary N) is 1. The summed E-state index contributed by atoms with van der Waals surface area (Å²) in [6.07, 6.45) is 1.35. The molecule has 1 aliphatic carbocycles. The molecule has 152 valence electrons. The van der Waals surface area contributed by atoms with E-state index in [0.717, 1.165) is 45.3 Å². The van der Waals surface area contributed by atoms with Crippen molar-refractivity contribution in [1.29, 1.82) is 0 Å². The van der Waals surface area contributed by atoms with Gasteiger partial charge in [0.25, 0.3) is 0 Å². The van der Waals surface area contributed by atoms with Crippen LogP contribution < -0.4 is 10.1 Å². The smallest absolute Gasteiger partial charge is 0.162 e. The normalized spacial score (nSPS) is 19.8. The number of hydrogen-bond acceptors (Lipinski definition) is 4. The lowest BCUT2D eigenvalue weighted by Gasteiger charge is -2.40. The van der Waals surface area contributed by atoms with E-state index in [4.69, 9.17) is 4.74 Å². The monoisotopic (exact) mass is 399 g/mol. The molecule has 1 aliphatic heterocycles. The maximum absolute atomic E-state index is 13.4. The average molecular weight is 399 g/mol. The molecule has 0 radical (unpaired) electrons. The van der Waals surface area contributed by atoms with E-state index >= 15 is 0 Å². The molecule has 0 aromatic heterocycles. The van der Waals surface area contributed by atoms with Crippen molar-refractivity contribution in [2.45, 2.75) is 32.6 Å². The number of Topliss-reactive ketones (excluding diaryl/α,β-unsaturated/α-hetero) is 1. The predicted octanol–water partition coefficient (Wildman–Crippen LogP) is 5.75. The van der Waals surface area contributed by atoms with Gasteiger partial charge in [-0.3, -0.25) is 4.79 Å². The third-order valence-electron chi connectivity index (χ3n) is 6.29. The second-order valence-electron chi connectivity index (χ2n) is 9.07. The number of carbonyl (C=O) groups excluding carboxylic acids is 1. The van der Waals surface area contributed by atoms with Crippen LogP contribution in [0.4, 0.5) is 5.69 Å². The molecule has 0 fully saturated rings. The van der Waals surface area contributed by atoms with Crippen LogP contribution in [0.15, 0.2) is 65.9 Å². The Kier molecular flexibility index (Phi) is 4.14. The first kappa shape index (κ1) is 18.7. The minimum absolute atomic E-state index is 0.0749. The highest BCUT2D eigenvalue weighted by Crippen LogP contribution is 2.51. The zero-order chi connectivity index (χ0) is 21.0. The molecule has 0 saturated heterocycles. The largest absolute Gasteiger partial charge is 0.504 e. The van der Waals surface area contributed by atoms with Crippen LogP contribution in [0.25, 0.3) is 10.8 Å². The number of methoxy groups -OCH3 is 1. The highest BCUT2D eigenvalue weighted by atomic mass is 16.5. The van der Waals surface area contributed by atoms with Gasteiger partial charge in [0.05, 0.1) is 7.11 Å². The summed E-state index contributed by atoms with van der Waals surface area (Å²) in [6.45, 7) is 4.29. The maximum Gasteiger partial charge on any atom is 0.162 e. The van der Waals surface area contributed by atoms with Crippen molar-refractivity contribution in [3.8, 4) is 11.5 Å². The molecule has 1 heterocycles. The van der Waals surface area contributed by atoms with Gasteiger partial charge >= 0.3 is 0 Å². The first-order chi connectivity index (χ1) is 14.4. The van der Waals surface area contributed by atoms with Crippen LogP contribution in [-0.4, -0.2) is 18.0 Å². The van der Waals surface area contributed by atoms with Crippen LogP contribution in [0.3, 0.4) is 0 Å². The predicted molar refractivity (Wildman–Crippen MR) is 119 cm³/mol. The summed E-state index contributed by atoms with van der Waals surface area (Å²) < 4.78 is 5.38. The fraction of sp³-hybridized carbons (Fsp3) is 0.269. The Balaban J connectivity index is 1.82. The van der Waals surface area contributed by atoms with E-state index in [1.165, 1.54) is 0 Å². The fourth-order valence-corrected chi connectivity index (χ4v) is 5.01. The number of phenols is 1. The van der Waals surface area contributed by atoms with E-state index in [1.54, 1.807) is 13.2 Å². The summed E-state index contributed by atoms with van der Waals surface area (Å²) in [5.74, 6) is 0.488. The van der Waals surface area contributed by atoms with Gasteiger partial charge in [-0.2, -0.15) is 0 Å². The Labute approximate surface area is 176 Å². The number of ether oxygens (including phenoxy) is 1. The second kappa shape index (κ2) is 6.63. The molecule has 0 saturated carbocycles. The van der Waals surface area contributed by atoms with Crippen molar-refractivity contribution < 1.29 is 14.6 Å². The fourth-order valence-electron chi connectivity index (χ4n) is 5.01. The van der Waals surface area contributed by atoms with Gasteiger partial charge in [0.15, 0.2) is 17.3 Å². The molecule has 1 atom stereocenters. The zero-order valence-electron chi connectivity index (χ0n) is 17.5. The number of allylic oxidation sites excluding steroid dienone is 2. The molecule has 3 aromatic rings. The molecular formula is C26H25NO3. The molecule has 2 aliphatic rings. The van der Waals surface area contributed by atoms with Gasteiger partial charge in [-0.15, -0.1) is 0 Å². The van der Waals surface area contributed by atoms with E-state index in [0.29, 0.717) is 12.2 Å². The van der Waals surface area contributed by atoms with Crippen molar-refractivity contribution in [2.75, 3.05) is 12.4 Å². The third-order valence-corrected chi connectivity index (χ3v) is 6.29. The van der Waals surface area contributed by atoms with Gasteiger partial charge in [-0.05, 0) is 51.9 Å². The van der Waals surface area contributed by atoms with Crippen molar-refractivity contribution in [2.24, 2.45) is 5.41 Å². The van der Waals surface area contributed by atoms with Crippen molar-refractivity contribution in [3.63, 3.8) is 0 Å². The summed E-state index contributed by atoms with van der Waals surface area (Å²) >= 11 is 0. The van der Waals surface area contributed by atoms with Crippen LogP contribution in [0, 0.1) is 5.41 Å². The summed E-state index contributed by atoms with van der Waals surface area (Å²) in [5.41, 5.74) is 4.86. The highest BCUT2D eigenvalue weighted by Gasteiger charge is 2.41.